The Morgan fingerprint density at radius 2 is 2.09 bits per heavy atom. The molecule has 0 fully saturated rings. The predicted octanol–water partition coefficient (Wildman–Crippen LogP) is 2.87. The number of benzene rings is 1. The minimum atomic E-state index is -0.225. The first-order valence-electron chi connectivity index (χ1n) is 6.77. The predicted molar refractivity (Wildman–Crippen MR) is 93.2 cm³/mol. The second kappa shape index (κ2) is 7.28. The van der Waals surface area contributed by atoms with Crippen molar-refractivity contribution in [2.75, 3.05) is 10.6 Å². The summed E-state index contributed by atoms with van der Waals surface area (Å²) in [6.45, 7) is 3.35. The van der Waals surface area contributed by atoms with E-state index in [0.717, 1.165) is 22.3 Å². The van der Waals surface area contributed by atoms with Crippen LogP contribution in [0.5, 0.6) is 0 Å². The van der Waals surface area contributed by atoms with E-state index >= 15 is 0 Å². The van der Waals surface area contributed by atoms with E-state index in [1.165, 1.54) is 18.3 Å². The number of hydrogen-bond acceptors (Lipinski definition) is 5. The maximum absolute atomic E-state index is 11.6. The van der Waals surface area contributed by atoms with Gasteiger partial charge in [0.1, 0.15) is 0 Å². The number of hydrogen-bond donors (Lipinski definition) is 3. The minimum Gasteiger partial charge on any atom is -0.332 e. The Bertz CT molecular complexity index is 727. The summed E-state index contributed by atoms with van der Waals surface area (Å²) in [7, 11) is 0. The summed E-state index contributed by atoms with van der Waals surface area (Å²) in [4.78, 5) is 26.9. The van der Waals surface area contributed by atoms with Crippen LogP contribution in [0.3, 0.4) is 0 Å². The van der Waals surface area contributed by atoms with Gasteiger partial charge in [0, 0.05) is 19.0 Å². The van der Waals surface area contributed by atoms with Gasteiger partial charge in [-0.25, -0.2) is 4.98 Å². The van der Waals surface area contributed by atoms with Crippen molar-refractivity contribution in [1.82, 2.24) is 10.3 Å². The lowest BCUT2D eigenvalue weighted by molar-refractivity contribution is -0.117. The molecule has 2 amide bonds. The molecule has 0 aliphatic rings. The molecule has 0 spiro atoms. The van der Waals surface area contributed by atoms with Crippen LogP contribution in [0.2, 0.25) is 0 Å². The van der Waals surface area contributed by atoms with Crippen LogP contribution in [0.25, 0.3) is 10.2 Å². The van der Waals surface area contributed by atoms with Crippen LogP contribution in [0.1, 0.15) is 26.7 Å². The summed E-state index contributed by atoms with van der Waals surface area (Å²) >= 11 is 6.41. The van der Waals surface area contributed by atoms with E-state index in [-0.39, 0.29) is 16.9 Å². The molecule has 1 aromatic carbocycles. The third-order valence-corrected chi connectivity index (χ3v) is 3.80. The van der Waals surface area contributed by atoms with E-state index in [0.29, 0.717) is 11.6 Å². The monoisotopic (exact) mass is 336 g/mol. The molecule has 0 aliphatic carbocycles. The molecule has 3 N–H and O–H groups in total. The van der Waals surface area contributed by atoms with Gasteiger partial charge >= 0.3 is 0 Å². The van der Waals surface area contributed by atoms with Crippen LogP contribution >= 0.6 is 23.6 Å². The van der Waals surface area contributed by atoms with E-state index in [1.54, 1.807) is 0 Å². The number of carbonyl (C=O) groups is 2. The molecule has 22 heavy (non-hydrogen) atoms. The van der Waals surface area contributed by atoms with Gasteiger partial charge < -0.3 is 16.0 Å². The number of amides is 2. The molecule has 2 rings (SSSR count). The van der Waals surface area contributed by atoms with E-state index in [2.05, 4.69) is 20.9 Å². The number of thiocarbonyl (C=S) groups is 1. The molecule has 0 aliphatic heterocycles. The molecule has 1 heterocycles. The van der Waals surface area contributed by atoms with Crippen LogP contribution in [0, 0.1) is 0 Å². The fourth-order valence-electron chi connectivity index (χ4n) is 1.79. The van der Waals surface area contributed by atoms with Gasteiger partial charge in [0.15, 0.2) is 10.2 Å². The molecule has 6 nitrogen and oxygen atoms in total. The van der Waals surface area contributed by atoms with Crippen LogP contribution in [0.4, 0.5) is 10.8 Å². The average Bonchev–Trinajstić information content (AvgIpc) is 2.79. The number of carbonyl (C=O) groups excluding carboxylic acids is 2. The second-order valence-corrected chi connectivity index (χ2v) is 6.07. The van der Waals surface area contributed by atoms with E-state index < -0.39 is 0 Å². The molecular formula is C14H16N4O2S2. The summed E-state index contributed by atoms with van der Waals surface area (Å²) in [5.74, 6) is -0.260. The normalized spacial score (nSPS) is 10.3. The zero-order valence-corrected chi connectivity index (χ0v) is 13.9. The van der Waals surface area contributed by atoms with Crippen LogP contribution in [-0.4, -0.2) is 21.9 Å². The van der Waals surface area contributed by atoms with Crippen LogP contribution in [0.15, 0.2) is 18.2 Å². The smallest absolute Gasteiger partial charge is 0.226 e. The Hall–Kier alpha value is -2.06. The number of fused-ring (bicyclic) bond motifs is 1. The molecule has 0 saturated carbocycles. The number of aromatic nitrogens is 1. The number of rotatable bonds is 4. The average molecular weight is 336 g/mol. The first-order chi connectivity index (χ1) is 10.5. The lowest BCUT2D eigenvalue weighted by atomic mass is 10.3. The highest BCUT2D eigenvalue weighted by molar-refractivity contribution is 7.80. The van der Waals surface area contributed by atoms with Crippen molar-refractivity contribution in [3.8, 4) is 0 Å². The fraction of sp³-hybridized carbons (Fsp3) is 0.286. The highest BCUT2D eigenvalue weighted by Gasteiger charge is 2.08. The largest absolute Gasteiger partial charge is 0.332 e. The number of nitrogens with zero attached hydrogens (tertiary/aromatic N) is 1. The van der Waals surface area contributed by atoms with Gasteiger partial charge in [-0.1, -0.05) is 18.3 Å². The summed E-state index contributed by atoms with van der Waals surface area (Å²) in [6, 6.07) is 5.52. The van der Waals surface area contributed by atoms with Gasteiger partial charge in [0.05, 0.1) is 10.2 Å². The van der Waals surface area contributed by atoms with Gasteiger partial charge in [-0.05, 0) is 36.8 Å². The third kappa shape index (κ3) is 4.47. The molecule has 0 radical (unpaired) electrons. The first-order valence-corrected chi connectivity index (χ1v) is 7.99. The molecule has 1 aromatic heterocycles. The number of anilines is 2. The molecule has 0 bridgehead atoms. The second-order valence-electron chi connectivity index (χ2n) is 4.64. The Morgan fingerprint density at radius 3 is 2.77 bits per heavy atom. The molecule has 116 valence electrons. The van der Waals surface area contributed by atoms with Crippen molar-refractivity contribution in [3.05, 3.63) is 18.2 Å². The van der Waals surface area contributed by atoms with E-state index in [1.807, 2.05) is 25.1 Å². The van der Waals surface area contributed by atoms with Crippen molar-refractivity contribution in [3.63, 3.8) is 0 Å². The molecular weight excluding hydrogens is 320 g/mol. The van der Waals surface area contributed by atoms with Gasteiger partial charge in [-0.2, -0.15) is 0 Å². The maximum atomic E-state index is 11.6. The van der Waals surface area contributed by atoms with Gasteiger partial charge in [-0.3, -0.25) is 9.59 Å². The Morgan fingerprint density at radius 1 is 1.32 bits per heavy atom. The molecule has 0 atom stereocenters. The highest BCUT2D eigenvalue weighted by atomic mass is 32.1. The Balaban J connectivity index is 2.11. The van der Waals surface area contributed by atoms with Gasteiger partial charge in [0.25, 0.3) is 0 Å². The van der Waals surface area contributed by atoms with Crippen LogP contribution in [-0.2, 0) is 9.59 Å². The fourth-order valence-corrected chi connectivity index (χ4v) is 2.97. The van der Waals surface area contributed by atoms with Crippen molar-refractivity contribution in [1.29, 1.82) is 0 Å². The quantitative estimate of drug-likeness (QED) is 0.748. The molecule has 0 saturated heterocycles. The van der Waals surface area contributed by atoms with Gasteiger partial charge in [-0.15, -0.1) is 0 Å². The van der Waals surface area contributed by atoms with Crippen molar-refractivity contribution >= 4 is 61.5 Å². The number of thiazole rings is 1. The lowest BCUT2D eigenvalue weighted by Crippen LogP contribution is -2.32. The molecule has 2 aromatic rings. The topological polar surface area (TPSA) is 83.1 Å². The van der Waals surface area contributed by atoms with Crippen molar-refractivity contribution in [2.45, 2.75) is 26.7 Å². The third-order valence-electron chi connectivity index (χ3n) is 2.66. The highest BCUT2D eigenvalue weighted by Crippen LogP contribution is 2.28. The first kappa shape index (κ1) is 16.3. The van der Waals surface area contributed by atoms with Crippen molar-refractivity contribution in [2.24, 2.45) is 0 Å². The SMILES string of the molecule is CCCC(=O)Nc1nc2ccc(NC(=S)NC(C)=O)cc2s1. The van der Waals surface area contributed by atoms with Crippen molar-refractivity contribution < 1.29 is 9.59 Å². The lowest BCUT2D eigenvalue weighted by Gasteiger charge is -2.07. The molecule has 0 unspecified atom stereocenters. The van der Waals surface area contributed by atoms with Crippen LogP contribution < -0.4 is 16.0 Å². The summed E-state index contributed by atoms with van der Waals surface area (Å²) in [6.07, 6.45) is 1.28. The standard InChI is InChI=1S/C14H16N4O2S2/c1-3-4-12(20)18-14-17-10-6-5-9(7-11(10)22-14)16-13(21)15-8(2)19/h5-7H,3-4H2,1-2H3,(H,17,18,20)(H2,15,16,19,21). The summed E-state index contributed by atoms with van der Waals surface area (Å²) in [5.41, 5.74) is 1.55. The zero-order chi connectivity index (χ0) is 16.1. The Labute approximate surface area is 137 Å². The maximum Gasteiger partial charge on any atom is 0.226 e. The minimum absolute atomic E-state index is 0.0354. The van der Waals surface area contributed by atoms with Gasteiger partial charge in [0.2, 0.25) is 11.8 Å². The zero-order valence-electron chi connectivity index (χ0n) is 12.2. The Kier molecular flexibility index (Phi) is 5.40. The molecule has 8 heteroatoms. The van der Waals surface area contributed by atoms with E-state index in [4.69, 9.17) is 12.2 Å². The van der Waals surface area contributed by atoms with E-state index in [9.17, 15) is 9.59 Å². The summed E-state index contributed by atoms with van der Waals surface area (Å²) < 4.78 is 0.919. The number of nitrogens with one attached hydrogen (secondary N) is 3. The summed E-state index contributed by atoms with van der Waals surface area (Å²) in [5, 5.41) is 9.03.